The van der Waals surface area contributed by atoms with Crippen molar-refractivity contribution in [2.24, 2.45) is 0 Å². The van der Waals surface area contributed by atoms with Crippen LogP contribution >= 0.6 is 0 Å². The van der Waals surface area contributed by atoms with Crippen molar-refractivity contribution in [1.82, 2.24) is 5.32 Å². The Bertz CT molecular complexity index is 888. The number of hydrogen-bond acceptors (Lipinski definition) is 8. The summed E-state index contributed by atoms with van der Waals surface area (Å²) in [6, 6.07) is -0.798. The number of unbranched alkanes of at least 4 members (excludes halogenated alkanes) is 30. The van der Waals surface area contributed by atoms with Gasteiger partial charge in [0.15, 0.2) is 6.29 Å². The summed E-state index contributed by atoms with van der Waals surface area (Å²) in [6.45, 7) is 3.78. The minimum atomic E-state index is -1.56. The van der Waals surface area contributed by atoms with Crippen LogP contribution in [0.3, 0.4) is 0 Å². The molecule has 0 aromatic carbocycles. The van der Waals surface area contributed by atoms with E-state index in [-0.39, 0.29) is 12.5 Å². The number of amides is 1. The predicted molar refractivity (Wildman–Crippen MR) is 231 cm³/mol. The monoisotopic (exact) mass is 798 g/mol. The van der Waals surface area contributed by atoms with Gasteiger partial charge in [-0.25, -0.2) is 0 Å². The van der Waals surface area contributed by atoms with Crippen LogP contribution in [0.15, 0.2) is 12.2 Å². The summed E-state index contributed by atoms with van der Waals surface area (Å²) in [7, 11) is 0. The van der Waals surface area contributed by atoms with E-state index in [1.54, 1.807) is 6.08 Å². The molecule has 1 amide bonds. The maximum absolute atomic E-state index is 13.0. The molecule has 1 saturated heterocycles. The van der Waals surface area contributed by atoms with Crippen LogP contribution in [0.5, 0.6) is 0 Å². The van der Waals surface area contributed by atoms with Gasteiger partial charge in [-0.3, -0.25) is 4.79 Å². The van der Waals surface area contributed by atoms with Crippen molar-refractivity contribution < 1.29 is 39.8 Å². The number of ether oxygens (including phenoxy) is 2. The minimum absolute atomic E-state index is 0.173. The van der Waals surface area contributed by atoms with Crippen LogP contribution in [-0.4, -0.2) is 87.5 Å². The maximum Gasteiger partial charge on any atom is 0.220 e. The standard InChI is InChI=1S/C47H91NO8/c1-3-5-7-9-11-13-15-17-18-19-20-21-22-23-25-27-29-31-33-35-37-43(51)48-40(39-55-47-46(54)45(53)44(52)42(38-49)56-47)41(50)36-34-32-30-28-26-24-16-14-12-10-8-6-4-2/h34,36,40-42,44-47,49-50,52-54H,3-33,35,37-39H2,1-2H3,(H,48,51)/t40-,41+,42+,44-,45+,46-,47-/m0/s1. The zero-order valence-electron chi connectivity index (χ0n) is 36.4. The van der Waals surface area contributed by atoms with Gasteiger partial charge in [0.1, 0.15) is 24.4 Å². The van der Waals surface area contributed by atoms with Gasteiger partial charge in [0.2, 0.25) is 5.91 Å². The number of hydrogen-bond donors (Lipinski definition) is 6. The van der Waals surface area contributed by atoms with Crippen LogP contribution in [0, 0.1) is 0 Å². The Morgan fingerprint density at radius 1 is 0.589 bits per heavy atom. The third kappa shape index (κ3) is 28.4. The van der Waals surface area contributed by atoms with Crippen LogP contribution in [-0.2, 0) is 14.3 Å². The number of carbonyl (C=O) groups is 1. The number of carbonyl (C=O) groups excluding carboxylic acids is 1. The predicted octanol–water partition coefficient (Wildman–Crippen LogP) is 10.1. The van der Waals surface area contributed by atoms with E-state index >= 15 is 0 Å². The molecule has 6 N–H and O–H groups in total. The third-order valence-corrected chi connectivity index (χ3v) is 11.6. The molecule has 0 aromatic heterocycles. The summed E-state index contributed by atoms with van der Waals surface area (Å²) < 4.78 is 11.2. The Balaban J connectivity index is 2.29. The summed E-state index contributed by atoms with van der Waals surface area (Å²) in [5.74, 6) is -0.173. The first-order valence-corrected chi connectivity index (χ1v) is 23.9. The molecule has 0 spiro atoms. The highest BCUT2D eigenvalue weighted by Crippen LogP contribution is 2.23. The number of aliphatic hydroxyl groups excluding tert-OH is 5. The van der Waals surface area contributed by atoms with Gasteiger partial charge in [0.25, 0.3) is 0 Å². The van der Waals surface area contributed by atoms with Gasteiger partial charge in [0, 0.05) is 6.42 Å². The van der Waals surface area contributed by atoms with Crippen LogP contribution in [0.1, 0.15) is 226 Å². The smallest absolute Gasteiger partial charge is 0.220 e. The van der Waals surface area contributed by atoms with Crippen LogP contribution in [0.2, 0.25) is 0 Å². The molecule has 56 heavy (non-hydrogen) atoms. The van der Waals surface area contributed by atoms with Crippen molar-refractivity contribution in [1.29, 1.82) is 0 Å². The van der Waals surface area contributed by atoms with Crippen LogP contribution in [0.25, 0.3) is 0 Å². The molecule has 0 bridgehead atoms. The zero-order valence-corrected chi connectivity index (χ0v) is 36.4. The summed E-state index contributed by atoms with van der Waals surface area (Å²) in [5, 5.41) is 54.2. The van der Waals surface area contributed by atoms with Crippen molar-refractivity contribution >= 4 is 5.91 Å². The fourth-order valence-electron chi connectivity index (χ4n) is 7.75. The molecular formula is C47H91NO8. The molecule has 0 saturated carbocycles. The molecule has 1 aliphatic heterocycles. The average molecular weight is 798 g/mol. The second-order valence-electron chi connectivity index (χ2n) is 16.9. The van der Waals surface area contributed by atoms with E-state index in [4.69, 9.17) is 9.47 Å². The molecule has 332 valence electrons. The number of nitrogens with one attached hydrogen (secondary N) is 1. The Hall–Kier alpha value is -1.07. The molecule has 9 heteroatoms. The van der Waals surface area contributed by atoms with E-state index in [1.165, 1.54) is 167 Å². The first kappa shape index (κ1) is 52.9. The Morgan fingerprint density at radius 3 is 1.39 bits per heavy atom. The fraction of sp³-hybridized carbons (Fsp3) is 0.936. The van der Waals surface area contributed by atoms with Gasteiger partial charge >= 0.3 is 0 Å². The maximum atomic E-state index is 13.0. The van der Waals surface area contributed by atoms with Gasteiger partial charge in [0.05, 0.1) is 25.4 Å². The van der Waals surface area contributed by atoms with Crippen molar-refractivity contribution in [3.63, 3.8) is 0 Å². The average Bonchev–Trinajstić information content (AvgIpc) is 3.20. The lowest BCUT2D eigenvalue weighted by Crippen LogP contribution is -2.60. The van der Waals surface area contributed by atoms with E-state index in [0.717, 1.165) is 38.5 Å². The summed E-state index contributed by atoms with van der Waals surface area (Å²) in [5.41, 5.74) is 0. The SMILES string of the molecule is CCCCCCCCCCCCCC=C[C@@H](O)[C@H](CO[C@H]1O[C@H](CO)[C@H](O)[C@@H](O)[C@@H]1O)NC(=O)CCCCCCCCCCCCCCCCCCCCCC. The Labute approximate surface area is 344 Å². The zero-order chi connectivity index (χ0) is 40.9. The third-order valence-electron chi connectivity index (χ3n) is 11.6. The number of rotatable bonds is 40. The van der Waals surface area contributed by atoms with E-state index in [0.29, 0.717) is 6.42 Å². The molecule has 1 rings (SSSR count). The lowest BCUT2D eigenvalue weighted by Gasteiger charge is -2.40. The molecule has 1 fully saturated rings. The van der Waals surface area contributed by atoms with E-state index in [9.17, 15) is 30.3 Å². The highest BCUT2D eigenvalue weighted by atomic mass is 16.7. The molecule has 0 unspecified atom stereocenters. The van der Waals surface area contributed by atoms with Gasteiger partial charge in [-0.2, -0.15) is 0 Å². The molecule has 7 atom stereocenters. The topological polar surface area (TPSA) is 149 Å². The van der Waals surface area contributed by atoms with Gasteiger partial charge in [-0.1, -0.05) is 212 Å². The highest BCUT2D eigenvalue weighted by molar-refractivity contribution is 5.76. The minimum Gasteiger partial charge on any atom is -0.394 e. The van der Waals surface area contributed by atoms with E-state index < -0.39 is 49.5 Å². The van der Waals surface area contributed by atoms with E-state index in [1.807, 2.05) is 6.08 Å². The molecule has 0 radical (unpaired) electrons. The molecular weight excluding hydrogens is 707 g/mol. The molecule has 0 aliphatic carbocycles. The Kier molecular flexibility index (Phi) is 36.1. The first-order valence-electron chi connectivity index (χ1n) is 23.9. The summed E-state index contributed by atoms with van der Waals surface area (Å²) in [6.07, 6.45) is 36.8. The van der Waals surface area contributed by atoms with E-state index in [2.05, 4.69) is 19.2 Å². The first-order chi connectivity index (χ1) is 27.3. The highest BCUT2D eigenvalue weighted by Gasteiger charge is 2.44. The quantitative estimate of drug-likeness (QED) is 0.0265. The van der Waals surface area contributed by atoms with Gasteiger partial charge in [-0.15, -0.1) is 0 Å². The summed E-state index contributed by atoms with van der Waals surface area (Å²) in [4.78, 5) is 13.0. The molecule has 9 nitrogen and oxygen atoms in total. The molecule has 1 aliphatic rings. The van der Waals surface area contributed by atoms with Crippen molar-refractivity contribution in [2.45, 2.75) is 269 Å². The molecule has 0 aromatic rings. The Morgan fingerprint density at radius 2 is 0.982 bits per heavy atom. The second-order valence-corrected chi connectivity index (χ2v) is 16.9. The van der Waals surface area contributed by atoms with Crippen molar-refractivity contribution in [3.05, 3.63) is 12.2 Å². The van der Waals surface area contributed by atoms with Crippen LogP contribution in [0.4, 0.5) is 0 Å². The van der Waals surface area contributed by atoms with Gasteiger partial charge < -0.3 is 40.3 Å². The lowest BCUT2D eigenvalue weighted by molar-refractivity contribution is -0.302. The fourth-order valence-corrected chi connectivity index (χ4v) is 7.75. The normalized spacial score (nSPS) is 21.2. The summed E-state index contributed by atoms with van der Waals surface area (Å²) >= 11 is 0. The van der Waals surface area contributed by atoms with Gasteiger partial charge in [-0.05, 0) is 19.3 Å². The van der Waals surface area contributed by atoms with Crippen molar-refractivity contribution in [2.75, 3.05) is 13.2 Å². The number of aliphatic hydroxyl groups is 5. The van der Waals surface area contributed by atoms with Crippen molar-refractivity contribution in [3.8, 4) is 0 Å². The number of allylic oxidation sites excluding steroid dienone is 1. The largest absolute Gasteiger partial charge is 0.394 e. The second kappa shape index (κ2) is 38.2. The lowest BCUT2D eigenvalue weighted by atomic mass is 9.99. The molecule has 1 heterocycles. The van der Waals surface area contributed by atoms with Crippen LogP contribution < -0.4 is 5.32 Å².